The molecule has 2 aromatic rings. The van der Waals surface area contributed by atoms with Gasteiger partial charge in [-0.1, -0.05) is 40.9 Å². The number of aryl methyl sites for hydroxylation is 3. The van der Waals surface area contributed by atoms with E-state index in [2.05, 4.69) is 45.1 Å². The topological polar surface area (TPSA) is 12.0 Å². The summed E-state index contributed by atoms with van der Waals surface area (Å²) in [6, 6.07) is 10.0. The first-order valence-electron chi connectivity index (χ1n) is 6.68. The van der Waals surface area contributed by atoms with Gasteiger partial charge in [-0.2, -0.15) is 0 Å². The minimum absolute atomic E-state index is 0.0984. The molecule has 2 aromatic carbocycles. The Morgan fingerprint density at radius 1 is 0.950 bits per heavy atom. The second kappa shape index (κ2) is 6.07. The maximum atomic E-state index is 6.26. The average Bonchev–Trinajstić information content (AvgIpc) is 2.36. The van der Waals surface area contributed by atoms with Crippen molar-refractivity contribution in [3.05, 3.63) is 62.6 Å². The Morgan fingerprint density at radius 2 is 1.55 bits per heavy atom. The molecule has 0 heterocycles. The van der Waals surface area contributed by atoms with E-state index in [0.29, 0.717) is 5.02 Å². The van der Waals surface area contributed by atoms with Crippen molar-refractivity contribution >= 4 is 28.9 Å². The normalized spacial score (nSPS) is 12.3. The van der Waals surface area contributed by atoms with Gasteiger partial charge in [-0.3, -0.25) is 0 Å². The summed E-state index contributed by atoms with van der Waals surface area (Å²) in [5, 5.41) is 4.98. The van der Waals surface area contributed by atoms with E-state index < -0.39 is 0 Å². The number of nitrogens with one attached hydrogen (secondary N) is 1. The van der Waals surface area contributed by atoms with E-state index in [0.717, 1.165) is 10.6 Å². The SMILES string of the molecule is Cc1cc(C)c(NC(C)c2cc(Cl)ccc2Cl)c(C)c1. The van der Waals surface area contributed by atoms with Crippen LogP contribution in [0.15, 0.2) is 30.3 Å². The van der Waals surface area contributed by atoms with E-state index in [4.69, 9.17) is 23.2 Å². The molecule has 1 atom stereocenters. The fourth-order valence-electron chi connectivity index (χ4n) is 2.55. The van der Waals surface area contributed by atoms with Crippen LogP contribution in [0.25, 0.3) is 0 Å². The highest BCUT2D eigenvalue weighted by molar-refractivity contribution is 6.33. The van der Waals surface area contributed by atoms with Crippen molar-refractivity contribution in [1.29, 1.82) is 0 Å². The number of anilines is 1. The summed E-state index contributed by atoms with van der Waals surface area (Å²) in [4.78, 5) is 0. The lowest BCUT2D eigenvalue weighted by molar-refractivity contribution is 0.880. The van der Waals surface area contributed by atoms with Gasteiger partial charge in [-0.05, 0) is 62.6 Å². The van der Waals surface area contributed by atoms with E-state index in [1.165, 1.54) is 22.4 Å². The lowest BCUT2D eigenvalue weighted by Crippen LogP contribution is -2.09. The van der Waals surface area contributed by atoms with Gasteiger partial charge in [0.1, 0.15) is 0 Å². The molecule has 0 saturated carbocycles. The summed E-state index contributed by atoms with van der Waals surface area (Å²) >= 11 is 12.3. The van der Waals surface area contributed by atoms with Crippen LogP contribution in [0.5, 0.6) is 0 Å². The molecule has 3 heteroatoms. The molecule has 0 bridgehead atoms. The first-order valence-corrected chi connectivity index (χ1v) is 7.43. The fourth-order valence-corrected chi connectivity index (χ4v) is 3.01. The molecule has 1 unspecified atom stereocenters. The number of hydrogen-bond acceptors (Lipinski definition) is 1. The highest BCUT2D eigenvalue weighted by Crippen LogP contribution is 2.31. The molecule has 20 heavy (non-hydrogen) atoms. The smallest absolute Gasteiger partial charge is 0.0501 e. The van der Waals surface area contributed by atoms with Crippen molar-refractivity contribution in [2.45, 2.75) is 33.7 Å². The maximum absolute atomic E-state index is 6.26. The van der Waals surface area contributed by atoms with Gasteiger partial charge >= 0.3 is 0 Å². The Balaban J connectivity index is 2.32. The molecule has 0 saturated heterocycles. The molecule has 1 N–H and O–H groups in total. The van der Waals surface area contributed by atoms with Crippen molar-refractivity contribution < 1.29 is 0 Å². The highest BCUT2D eigenvalue weighted by Gasteiger charge is 2.13. The number of rotatable bonds is 3. The fraction of sp³-hybridized carbons (Fsp3) is 0.294. The van der Waals surface area contributed by atoms with Gasteiger partial charge in [-0.25, -0.2) is 0 Å². The third-order valence-electron chi connectivity index (χ3n) is 3.46. The number of halogens is 2. The molecule has 0 aliphatic carbocycles. The third-order valence-corrected chi connectivity index (χ3v) is 4.04. The van der Waals surface area contributed by atoms with Crippen LogP contribution in [0.1, 0.15) is 35.2 Å². The Bertz CT molecular complexity index is 612. The van der Waals surface area contributed by atoms with Crippen LogP contribution in [-0.2, 0) is 0 Å². The predicted molar refractivity (Wildman–Crippen MR) is 89.2 cm³/mol. The third kappa shape index (κ3) is 3.28. The second-order valence-corrected chi connectivity index (χ2v) is 6.15. The molecule has 0 aliphatic rings. The summed E-state index contributed by atoms with van der Waals surface area (Å²) in [6.07, 6.45) is 0. The van der Waals surface area contributed by atoms with E-state index >= 15 is 0 Å². The van der Waals surface area contributed by atoms with Crippen LogP contribution < -0.4 is 5.32 Å². The standard InChI is InChI=1S/C17H19Cl2N/c1-10-7-11(2)17(12(3)8-10)20-13(4)15-9-14(18)5-6-16(15)19/h5-9,13,20H,1-4H3. The van der Waals surface area contributed by atoms with E-state index in [1.807, 2.05) is 18.2 Å². The monoisotopic (exact) mass is 307 g/mol. The zero-order valence-electron chi connectivity index (χ0n) is 12.2. The Hall–Kier alpha value is -1.18. The molecule has 0 radical (unpaired) electrons. The van der Waals surface area contributed by atoms with Gasteiger partial charge in [0, 0.05) is 15.7 Å². The summed E-state index contributed by atoms with van der Waals surface area (Å²) in [6.45, 7) is 8.45. The molecule has 0 fully saturated rings. The molecule has 1 nitrogen and oxygen atoms in total. The van der Waals surface area contributed by atoms with Crippen molar-refractivity contribution in [1.82, 2.24) is 0 Å². The largest absolute Gasteiger partial charge is 0.378 e. The van der Waals surface area contributed by atoms with E-state index in [1.54, 1.807) is 0 Å². The summed E-state index contributed by atoms with van der Waals surface area (Å²) in [7, 11) is 0. The first kappa shape index (κ1) is 15.2. The molecule has 0 spiro atoms. The van der Waals surface area contributed by atoms with Crippen molar-refractivity contribution in [3.63, 3.8) is 0 Å². The number of hydrogen-bond donors (Lipinski definition) is 1. The van der Waals surface area contributed by atoms with Gasteiger partial charge < -0.3 is 5.32 Å². The van der Waals surface area contributed by atoms with Crippen molar-refractivity contribution in [3.8, 4) is 0 Å². The summed E-state index contributed by atoms with van der Waals surface area (Å²) in [5.41, 5.74) is 5.94. The van der Waals surface area contributed by atoms with Gasteiger partial charge in [0.25, 0.3) is 0 Å². The zero-order chi connectivity index (χ0) is 14.9. The molecule has 106 valence electrons. The predicted octanol–water partition coefficient (Wildman–Crippen LogP) is 6.09. The van der Waals surface area contributed by atoms with Crippen LogP contribution in [-0.4, -0.2) is 0 Å². The second-order valence-electron chi connectivity index (χ2n) is 5.31. The summed E-state index contributed by atoms with van der Waals surface area (Å²) < 4.78 is 0. The molecule has 0 aliphatic heterocycles. The van der Waals surface area contributed by atoms with Crippen LogP contribution in [0.2, 0.25) is 10.0 Å². The van der Waals surface area contributed by atoms with Crippen LogP contribution in [0.3, 0.4) is 0 Å². The van der Waals surface area contributed by atoms with E-state index in [-0.39, 0.29) is 6.04 Å². The lowest BCUT2D eigenvalue weighted by Gasteiger charge is -2.21. The Labute approximate surface area is 130 Å². The molecule has 0 aromatic heterocycles. The van der Waals surface area contributed by atoms with Gasteiger partial charge in [0.2, 0.25) is 0 Å². The maximum Gasteiger partial charge on any atom is 0.0501 e. The minimum atomic E-state index is 0.0984. The van der Waals surface area contributed by atoms with Gasteiger partial charge in [0.15, 0.2) is 0 Å². The Kier molecular flexibility index (Phi) is 4.62. The van der Waals surface area contributed by atoms with Crippen molar-refractivity contribution in [2.75, 3.05) is 5.32 Å². The molecule has 2 rings (SSSR count). The molecule has 0 amide bonds. The van der Waals surface area contributed by atoms with E-state index in [9.17, 15) is 0 Å². The van der Waals surface area contributed by atoms with Crippen molar-refractivity contribution in [2.24, 2.45) is 0 Å². The van der Waals surface area contributed by atoms with Gasteiger partial charge in [-0.15, -0.1) is 0 Å². The zero-order valence-corrected chi connectivity index (χ0v) is 13.7. The van der Waals surface area contributed by atoms with Gasteiger partial charge in [0.05, 0.1) is 6.04 Å². The minimum Gasteiger partial charge on any atom is -0.378 e. The molecular formula is C17H19Cl2N. The Morgan fingerprint density at radius 3 is 2.15 bits per heavy atom. The average molecular weight is 308 g/mol. The van der Waals surface area contributed by atoms with Crippen LogP contribution in [0, 0.1) is 20.8 Å². The van der Waals surface area contributed by atoms with Crippen LogP contribution >= 0.6 is 23.2 Å². The lowest BCUT2D eigenvalue weighted by atomic mass is 10.0. The number of benzene rings is 2. The highest BCUT2D eigenvalue weighted by atomic mass is 35.5. The molecular weight excluding hydrogens is 289 g/mol. The van der Waals surface area contributed by atoms with Crippen LogP contribution in [0.4, 0.5) is 5.69 Å². The summed E-state index contributed by atoms with van der Waals surface area (Å²) in [5.74, 6) is 0. The first-order chi connectivity index (χ1) is 9.38. The quantitative estimate of drug-likeness (QED) is 0.723.